The van der Waals surface area contributed by atoms with Crippen molar-refractivity contribution >= 4 is 45.9 Å². The maximum absolute atomic E-state index is 13.5. The zero-order valence-corrected chi connectivity index (χ0v) is 20.1. The number of nitrogens with zero attached hydrogens (tertiary/aromatic N) is 3. The number of carbonyl (C=O) groups excluding carboxylic acids is 1. The molecule has 1 aromatic heterocycles. The van der Waals surface area contributed by atoms with Gasteiger partial charge in [-0.2, -0.15) is 0 Å². The van der Waals surface area contributed by atoms with Gasteiger partial charge in [-0.3, -0.25) is 14.2 Å². The van der Waals surface area contributed by atoms with Crippen molar-refractivity contribution in [2.45, 2.75) is 18.0 Å². The van der Waals surface area contributed by atoms with E-state index in [1.807, 2.05) is 29.2 Å². The summed E-state index contributed by atoms with van der Waals surface area (Å²) < 4.78 is 6.76. The van der Waals surface area contributed by atoms with E-state index in [9.17, 15) is 9.59 Å². The lowest BCUT2D eigenvalue weighted by molar-refractivity contribution is -0.116. The lowest BCUT2D eigenvalue weighted by Crippen LogP contribution is -2.36. The molecule has 1 amide bonds. The molecule has 0 saturated carbocycles. The first kappa shape index (κ1) is 22.5. The standard InChI is InChI=1S/C26H22ClN3O3S/c1-33-23-13-12-18(15-20(23)27)30-25(32)19-9-3-4-10-21(19)28-26(30)34-16-24(31)29-14-6-8-17-7-2-5-11-22(17)29/h2-5,7,9-13,15H,6,8,14,16H2,1H3. The zero-order chi connectivity index (χ0) is 23.7. The average molecular weight is 492 g/mol. The highest BCUT2D eigenvalue weighted by Crippen LogP contribution is 2.30. The number of rotatable bonds is 5. The van der Waals surface area contributed by atoms with Gasteiger partial charge < -0.3 is 9.64 Å². The Labute approximate surface area is 206 Å². The monoisotopic (exact) mass is 491 g/mol. The fourth-order valence-corrected chi connectivity index (χ4v) is 5.37. The molecule has 1 aliphatic heterocycles. The molecule has 0 N–H and O–H groups in total. The topological polar surface area (TPSA) is 64.4 Å². The molecule has 0 atom stereocenters. The second-order valence-electron chi connectivity index (χ2n) is 7.94. The highest BCUT2D eigenvalue weighted by atomic mass is 35.5. The fraction of sp³-hybridized carbons (Fsp3) is 0.192. The van der Waals surface area contributed by atoms with E-state index in [1.54, 1.807) is 36.4 Å². The number of carbonyl (C=O) groups is 1. The van der Waals surface area contributed by atoms with Gasteiger partial charge in [-0.1, -0.05) is 53.7 Å². The Morgan fingerprint density at radius 1 is 1.12 bits per heavy atom. The maximum atomic E-state index is 13.5. The van der Waals surface area contributed by atoms with Crippen LogP contribution in [0.5, 0.6) is 5.75 Å². The van der Waals surface area contributed by atoms with E-state index in [-0.39, 0.29) is 17.2 Å². The summed E-state index contributed by atoms with van der Waals surface area (Å²) in [5.74, 6) is 0.655. The van der Waals surface area contributed by atoms with Crippen molar-refractivity contribution in [1.29, 1.82) is 0 Å². The zero-order valence-electron chi connectivity index (χ0n) is 18.5. The van der Waals surface area contributed by atoms with E-state index in [0.717, 1.165) is 18.5 Å². The Kier molecular flexibility index (Phi) is 6.30. The van der Waals surface area contributed by atoms with Crippen LogP contribution in [0.15, 0.2) is 76.7 Å². The SMILES string of the molecule is COc1ccc(-n2c(SCC(=O)N3CCCc4ccccc43)nc3ccccc3c2=O)cc1Cl. The Bertz CT molecular complexity index is 1450. The van der Waals surface area contributed by atoms with Gasteiger partial charge in [0.2, 0.25) is 5.91 Å². The smallest absolute Gasteiger partial charge is 0.266 e. The number of methoxy groups -OCH3 is 1. The van der Waals surface area contributed by atoms with Gasteiger partial charge in [0.1, 0.15) is 5.75 Å². The van der Waals surface area contributed by atoms with E-state index >= 15 is 0 Å². The van der Waals surface area contributed by atoms with Gasteiger partial charge in [0.05, 0.1) is 34.5 Å². The normalized spacial score (nSPS) is 13.1. The molecular formula is C26H22ClN3O3S. The average Bonchev–Trinajstić information content (AvgIpc) is 2.87. The van der Waals surface area contributed by atoms with Gasteiger partial charge in [-0.15, -0.1) is 0 Å². The summed E-state index contributed by atoms with van der Waals surface area (Å²) in [6.07, 6.45) is 1.90. The summed E-state index contributed by atoms with van der Waals surface area (Å²) in [7, 11) is 1.54. The van der Waals surface area contributed by atoms with Crippen LogP contribution in [0.2, 0.25) is 5.02 Å². The number of fused-ring (bicyclic) bond motifs is 2. The Balaban J connectivity index is 1.52. The van der Waals surface area contributed by atoms with Crippen LogP contribution in [-0.4, -0.2) is 34.9 Å². The third-order valence-electron chi connectivity index (χ3n) is 5.87. The Morgan fingerprint density at radius 2 is 1.91 bits per heavy atom. The largest absolute Gasteiger partial charge is 0.495 e. The van der Waals surface area contributed by atoms with Crippen molar-refractivity contribution in [3.63, 3.8) is 0 Å². The maximum Gasteiger partial charge on any atom is 0.266 e. The predicted molar refractivity (Wildman–Crippen MR) is 137 cm³/mol. The first-order valence-corrected chi connectivity index (χ1v) is 12.3. The van der Waals surface area contributed by atoms with Crippen LogP contribution in [0, 0.1) is 0 Å². The Hall–Kier alpha value is -3.29. The molecule has 0 bridgehead atoms. The number of anilines is 1. The number of ether oxygens (including phenoxy) is 1. The highest BCUT2D eigenvalue weighted by Gasteiger charge is 2.23. The van der Waals surface area contributed by atoms with Crippen molar-refractivity contribution in [1.82, 2.24) is 9.55 Å². The number of hydrogen-bond acceptors (Lipinski definition) is 5. The molecular weight excluding hydrogens is 470 g/mol. The van der Waals surface area contributed by atoms with Crippen molar-refractivity contribution in [2.75, 3.05) is 24.3 Å². The number of amides is 1. The minimum atomic E-state index is -0.217. The van der Waals surface area contributed by atoms with Crippen LogP contribution >= 0.6 is 23.4 Å². The highest BCUT2D eigenvalue weighted by molar-refractivity contribution is 7.99. The molecule has 3 aromatic carbocycles. The lowest BCUT2D eigenvalue weighted by Gasteiger charge is -2.29. The van der Waals surface area contributed by atoms with Crippen molar-refractivity contribution in [3.05, 3.63) is 87.7 Å². The van der Waals surface area contributed by atoms with Gasteiger partial charge in [0.15, 0.2) is 5.16 Å². The molecule has 34 heavy (non-hydrogen) atoms. The molecule has 0 fully saturated rings. The minimum absolute atomic E-state index is 0.0149. The van der Waals surface area contributed by atoms with Crippen LogP contribution in [0.4, 0.5) is 5.69 Å². The number of benzene rings is 3. The molecule has 172 valence electrons. The molecule has 6 nitrogen and oxygen atoms in total. The van der Waals surface area contributed by atoms with Crippen LogP contribution < -0.4 is 15.2 Å². The van der Waals surface area contributed by atoms with Crippen molar-refractivity contribution < 1.29 is 9.53 Å². The minimum Gasteiger partial charge on any atom is -0.495 e. The molecule has 1 aliphatic rings. The van der Waals surface area contributed by atoms with E-state index in [4.69, 9.17) is 21.3 Å². The summed E-state index contributed by atoms with van der Waals surface area (Å²) in [5.41, 5.74) is 3.07. The predicted octanol–water partition coefficient (Wildman–Crippen LogP) is 5.12. The lowest BCUT2D eigenvalue weighted by atomic mass is 10.0. The van der Waals surface area contributed by atoms with E-state index in [0.29, 0.717) is 39.1 Å². The second kappa shape index (κ2) is 9.52. The third-order valence-corrected chi connectivity index (χ3v) is 7.09. The summed E-state index contributed by atoms with van der Waals surface area (Å²) in [6, 6.07) is 20.3. The van der Waals surface area contributed by atoms with Gasteiger partial charge in [0, 0.05) is 12.2 Å². The molecule has 5 rings (SSSR count). The van der Waals surface area contributed by atoms with E-state index < -0.39 is 0 Å². The van der Waals surface area contributed by atoms with Gasteiger partial charge >= 0.3 is 0 Å². The van der Waals surface area contributed by atoms with Crippen molar-refractivity contribution in [3.8, 4) is 11.4 Å². The first-order valence-electron chi connectivity index (χ1n) is 10.9. The molecule has 8 heteroatoms. The first-order chi connectivity index (χ1) is 16.6. The Morgan fingerprint density at radius 3 is 2.74 bits per heavy atom. The second-order valence-corrected chi connectivity index (χ2v) is 9.29. The van der Waals surface area contributed by atoms with Crippen LogP contribution in [0.3, 0.4) is 0 Å². The number of thioether (sulfide) groups is 1. The molecule has 0 aliphatic carbocycles. The summed E-state index contributed by atoms with van der Waals surface area (Å²) in [5, 5.41) is 1.32. The summed E-state index contributed by atoms with van der Waals surface area (Å²) in [4.78, 5) is 33.2. The van der Waals surface area contributed by atoms with Gasteiger partial charge in [-0.25, -0.2) is 4.98 Å². The number of aromatic nitrogens is 2. The number of hydrogen-bond donors (Lipinski definition) is 0. The van der Waals surface area contributed by atoms with Gasteiger partial charge in [-0.05, 0) is 54.8 Å². The van der Waals surface area contributed by atoms with Crippen molar-refractivity contribution in [2.24, 2.45) is 0 Å². The quantitative estimate of drug-likeness (QED) is 0.286. The van der Waals surface area contributed by atoms with E-state index in [2.05, 4.69) is 6.07 Å². The molecule has 0 spiro atoms. The molecule has 4 aromatic rings. The summed E-state index contributed by atoms with van der Waals surface area (Å²) >= 11 is 7.60. The number of halogens is 1. The van der Waals surface area contributed by atoms with Crippen LogP contribution in [0.25, 0.3) is 16.6 Å². The summed E-state index contributed by atoms with van der Waals surface area (Å²) in [6.45, 7) is 0.683. The number of aryl methyl sites for hydroxylation is 1. The van der Waals surface area contributed by atoms with E-state index in [1.165, 1.54) is 29.0 Å². The molecule has 0 unspecified atom stereocenters. The molecule has 2 heterocycles. The molecule has 0 radical (unpaired) electrons. The van der Waals surface area contributed by atoms with Crippen LogP contribution in [-0.2, 0) is 11.2 Å². The fourth-order valence-electron chi connectivity index (χ4n) is 4.23. The number of para-hydroxylation sites is 2. The van der Waals surface area contributed by atoms with Gasteiger partial charge in [0.25, 0.3) is 5.56 Å². The molecule has 0 saturated heterocycles. The third kappa shape index (κ3) is 4.17. The van der Waals surface area contributed by atoms with Crippen LogP contribution in [0.1, 0.15) is 12.0 Å².